The molecule has 0 radical (unpaired) electrons. The lowest BCUT2D eigenvalue weighted by Crippen LogP contribution is -2.21. The Bertz CT molecular complexity index is 493. The van der Waals surface area contributed by atoms with Gasteiger partial charge in [0, 0.05) is 11.5 Å². The summed E-state index contributed by atoms with van der Waals surface area (Å²) in [5.41, 5.74) is 8.79. The van der Waals surface area contributed by atoms with Crippen LogP contribution >= 0.6 is 11.6 Å². The second kappa shape index (κ2) is 7.41. The molecule has 0 aliphatic rings. The maximum absolute atomic E-state index is 9.29. The van der Waals surface area contributed by atoms with Crippen LogP contribution in [0.2, 0.25) is 5.02 Å². The Morgan fingerprint density at radius 1 is 1.61 bits per heavy atom. The molecule has 1 unspecified atom stereocenters. The SMILES string of the molecule is N#CC(NCCCN=[N+]=[N-])c1ccc(O)c(Cl)c1. The zero-order valence-corrected chi connectivity index (χ0v) is 10.3. The number of phenols is 1. The fourth-order valence-electron chi connectivity index (χ4n) is 1.38. The molecule has 7 heteroatoms. The number of aromatic hydroxyl groups is 1. The molecule has 1 atom stereocenters. The number of rotatable bonds is 6. The van der Waals surface area contributed by atoms with Crippen LogP contribution in [0.3, 0.4) is 0 Å². The summed E-state index contributed by atoms with van der Waals surface area (Å²) in [5, 5.41) is 24.9. The molecule has 94 valence electrons. The molecule has 0 aliphatic carbocycles. The highest BCUT2D eigenvalue weighted by Crippen LogP contribution is 2.26. The molecule has 18 heavy (non-hydrogen) atoms. The molecule has 0 bridgehead atoms. The highest BCUT2D eigenvalue weighted by atomic mass is 35.5. The third kappa shape index (κ3) is 4.15. The quantitative estimate of drug-likeness (QED) is 0.357. The van der Waals surface area contributed by atoms with Crippen LogP contribution in [0.4, 0.5) is 0 Å². The third-order valence-corrected chi connectivity index (χ3v) is 2.58. The zero-order chi connectivity index (χ0) is 13.4. The number of nitrogens with one attached hydrogen (secondary N) is 1. The lowest BCUT2D eigenvalue weighted by atomic mass is 10.1. The number of benzene rings is 1. The number of azide groups is 1. The summed E-state index contributed by atoms with van der Waals surface area (Å²) >= 11 is 5.78. The van der Waals surface area contributed by atoms with Gasteiger partial charge in [-0.2, -0.15) is 5.26 Å². The first-order valence-corrected chi connectivity index (χ1v) is 5.69. The van der Waals surface area contributed by atoms with E-state index >= 15 is 0 Å². The Morgan fingerprint density at radius 2 is 2.39 bits per heavy atom. The molecule has 6 nitrogen and oxygen atoms in total. The summed E-state index contributed by atoms with van der Waals surface area (Å²) < 4.78 is 0. The van der Waals surface area contributed by atoms with Crippen LogP contribution in [0.15, 0.2) is 23.3 Å². The number of nitrogens with zero attached hydrogens (tertiary/aromatic N) is 4. The van der Waals surface area contributed by atoms with Crippen molar-refractivity contribution in [1.82, 2.24) is 5.32 Å². The van der Waals surface area contributed by atoms with Gasteiger partial charge in [0.2, 0.25) is 0 Å². The Morgan fingerprint density at radius 3 is 3.00 bits per heavy atom. The summed E-state index contributed by atoms with van der Waals surface area (Å²) in [6, 6.07) is 6.23. The number of hydrogen-bond acceptors (Lipinski definition) is 4. The molecule has 0 aromatic heterocycles. The smallest absolute Gasteiger partial charge is 0.134 e. The van der Waals surface area contributed by atoms with Crippen molar-refractivity contribution >= 4 is 11.6 Å². The predicted molar refractivity (Wildman–Crippen MR) is 68.1 cm³/mol. The Kier molecular flexibility index (Phi) is 5.81. The third-order valence-electron chi connectivity index (χ3n) is 2.28. The molecule has 1 aromatic rings. The van der Waals surface area contributed by atoms with Crippen molar-refractivity contribution in [3.8, 4) is 11.8 Å². The first-order valence-electron chi connectivity index (χ1n) is 5.31. The van der Waals surface area contributed by atoms with E-state index in [4.69, 9.17) is 22.4 Å². The monoisotopic (exact) mass is 265 g/mol. The van der Waals surface area contributed by atoms with Crippen molar-refractivity contribution in [2.45, 2.75) is 12.5 Å². The van der Waals surface area contributed by atoms with Gasteiger partial charge in [-0.25, -0.2) is 0 Å². The number of phenolic OH excluding ortho intramolecular Hbond substituents is 1. The van der Waals surface area contributed by atoms with Gasteiger partial charge in [0.25, 0.3) is 0 Å². The van der Waals surface area contributed by atoms with E-state index < -0.39 is 6.04 Å². The highest BCUT2D eigenvalue weighted by Gasteiger charge is 2.11. The summed E-state index contributed by atoms with van der Waals surface area (Å²) in [5.74, 6) is -0.0135. The van der Waals surface area contributed by atoms with Crippen LogP contribution in [0, 0.1) is 11.3 Å². The molecule has 0 amide bonds. The summed E-state index contributed by atoms with van der Waals surface area (Å²) in [6.07, 6.45) is 0.647. The van der Waals surface area contributed by atoms with Crippen LogP contribution in [0.25, 0.3) is 10.4 Å². The normalized spacial score (nSPS) is 11.3. The van der Waals surface area contributed by atoms with E-state index in [0.717, 1.165) is 0 Å². The topological polar surface area (TPSA) is 105 Å². The molecule has 1 aromatic carbocycles. The summed E-state index contributed by atoms with van der Waals surface area (Å²) in [6.45, 7) is 0.938. The maximum Gasteiger partial charge on any atom is 0.134 e. The summed E-state index contributed by atoms with van der Waals surface area (Å²) in [4.78, 5) is 2.64. The molecular weight excluding hydrogens is 254 g/mol. The minimum Gasteiger partial charge on any atom is -0.506 e. The van der Waals surface area contributed by atoms with Crippen molar-refractivity contribution < 1.29 is 5.11 Å². The van der Waals surface area contributed by atoms with Gasteiger partial charge in [-0.3, -0.25) is 5.32 Å². The highest BCUT2D eigenvalue weighted by molar-refractivity contribution is 6.32. The standard InChI is InChI=1S/C11H12ClN5O/c12-9-6-8(2-3-11(9)18)10(7-13)15-4-1-5-16-17-14/h2-3,6,10,15,18H,1,4-5H2. The van der Waals surface area contributed by atoms with Crippen LogP contribution in [0.5, 0.6) is 5.75 Å². The second-order valence-corrected chi connectivity index (χ2v) is 3.94. The molecule has 2 N–H and O–H groups in total. The van der Waals surface area contributed by atoms with Gasteiger partial charge in [-0.05, 0) is 36.2 Å². The van der Waals surface area contributed by atoms with Crippen LogP contribution in [0.1, 0.15) is 18.0 Å². The van der Waals surface area contributed by atoms with Crippen molar-refractivity contribution in [2.24, 2.45) is 5.11 Å². The largest absolute Gasteiger partial charge is 0.506 e. The molecule has 0 fully saturated rings. The molecule has 0 saturated heterocycles. The zero-order valence-electron chi connectivity index (χ0n) is 9.54. The molecule has 1 rings (SSSR count). The molecular formula is C11H12ClN5O. The molecule has 0 spiro atoms. The van der Waals surface area contributed by atoms with Crippen LogP contribution < -0.4 is 5.32 Å². The first kappa shape index (κ1) is 14.1. The van der Waals surface area contributed by atoms with Crippen molar-refractivity contribution in [3.05, 3.63) is 39.2 Å². The van der Waals surface area contributed by atoms with Gasteiger partial charge >= 0.3 is 0 Å². The van der Waals surface area contributed by atoms with E-state index in [1.807, 2.05) is 0 Å². The van der Waals surface area contributed by atoms with E-state index in [1.165, 1.54) is 6.07 Å². The van der Waals surface area contributed by atoms with Crippen LogP contribution in [-0.4, -0.2) is 18.2 Å². The van der Waals surface area contributed by atoms with Crippen molar-refractivity contribution in [2.75, 3.05) is 13.1 Å². The van der Waals surface area contributed by atoms with Crippen molar-refractivity contribution in [1.29, 1.82) is 5.26 Å². The summed E-state index contributed by atoms with van der Waals surface area (Å²) in [7, 11) is 0. The van der Waals surface area contributed by atoms with Gasteiger partial charge in [0.1, 0.15) is 11.8 Å². The average Bonchev–Trinajstić information content (AvgIpc) is 2.37. The van der Waals surface area contributed by atoms with E-state index in [1.54, 1.807) is 12.1 Å². The second-order valence-electron chi connectivity index (χ2n) is 3.54. The minimum atomic E-state index is -0.505. The van der Waals surface area contributed by atoms with Gasteiger partial charge < -0.3 is 5.11 Å². The Balaban J connectivity index is 2.58. The number of nitriles is 1. The van der Waals surface area contributed by atoms with Gasteiger partial charge in [-0.1, -0.05) is 22.8 Å². The van der Waals surface area contributed by atoms with Crippen LogP contribution in [-0.2, 0) is 0 Å². The lowest BCUT2D eigenvalue weighted by molar-refractivity contribution is 0.475. The molecule has 0 saturated carbocycles. The average molecular weight is 266 g/mol. The Labute approximate surface area is 109 Å². The van der Waals surface area contributed by atoms with Gasteiger partial charge in [-0.15, -0.1) is 0 Å². The first-order chi connectivity index (χ1) is 8.69. The van der Waals surface area contributed by atoms with Crippen molar-refractivity contribution in [3.63, 3.8) is 0 Å². The minimum absolute atomic E-state index is 0.0135. The van der Waals surface area contributed by atoms with E-state index in [-0.39, 0.29) is 10.8 Å². The van der Waals surface area contributed by atoms with E-state index in [2.05, 4.69) is 21.4 Å². The fourth-order valence-corrected chi connectivity index (χ4v) is 1.57. The molecule has 0 heterocycles. The van der Waals surface area contributed by atoms with E-state index in [9.17, 15) is 5.11 Å². The van der Waals surface area contributed by atoms with Gasteiger partial charge in [0.05, 0.1) is 11.1 Å². The number of halogens is 1. The lowest BCUT2D eigenvalue weighted by Gasteiger charge is -2.12. The maximum atomic E-state index is 9.29. The van der Waals surface area contributed by atoms with Gasteiger partial charge in [0.15, 0.2) is 0 Å². The van der Waals surface area contributed by atoms with E-state index in [0.29, 0.717) is 25.1 Å². The molecule has 0 aliphatic heterocycles. The fraction of sp³-hybridized carbons (Fsp3) is 0.364. The predicted octanol–water partition coefficient (Wildman–Crippen LogP) is 2.90. The number of hydrogen-bond donors (Lipinski definition) is 2. The Hall–Kier alpha value is -1.93.